The van der Waals surface area contributed by atoms with Gasteiger partial charge >= 0.3 is 6.09 Å². The van der Waals surface area contributed by atoms with Gasteiger partial charge in [-0.15, -0.1) is 6.42 Å². The molecule has 3 aromatic carbocycles. The second-order valence-corrected chi connectivity index (χ2v) is 10.8. The molecule has 2 N–H and O–H groups in total. The highest BCUT2D eigenvalue weighted by Crippen LogP contribution is 2.28. The zero-order valence-electron chi connectivity index (χ0n) is 23.4. The molecule has 8 heteroatoms. The van der Waals surface area contributed by atoms with Gasteiger partial charge in [-0.05, 0) is 61.7 Å². The van der Waals surface area contributed by atoms with Gasteiger partial charge in [0.15, 0.2) is 0 Å². The van der Waals surface area contributed by atoms with E-state index in [2.05, 4.69) is 29.2 Å². The monoisotopic (exact) mass is 559 g/mol. The number of unbranched alkanes of at least 4 members (excludes halogenated alkanes) is 1. The lowest BCUT2D eigenvalue weighted by Crippen LogP contribution is -2.53. The summed E-state index contributed by atoms with van der Waals surface area (Å²) in [5.41, 5.74) is 0.859. The lowest BCUT2D eigenvalue weighted by Gasteiger charge is -2.34. The van der Waals surface area contributed by atoms with Gasteiger partial charge in [0, 0.05) is 23.5 Å². The molecule has 40 heavy (non-hydrogen) atoms. The molecule has 0 aliphatic carbocycles. The average molecular weight is 560 g/mol. The summed E-state index contributed by atoms with van der Waals surface area (Å²) in [5, 5.41) is 7.62. The van der Waals surface area contributed by atoms with Gasteiger partial charge in [0.2, 0.25) is 5.91 Å². The van der Waals surface area contributed by atoms with Crippen molar-refractivity contribution in [2.24, 2.45) is 0 Å². The van der Waals surface area contributed by atoms with Crippen LogP contribution in [0.15, 0.2) is 66.7 Å². The first-order valence-electron chi connectivity index (χ1n) is 13.3. The molecule has 7 nitrogen and oxygen atoms in total. The summed E-state index contributed by atoms with van der Waals surface area (Å²) in [6.45, 7) is 7.48. The van der Waals surface area contributed by atoms with E-state index in [0.29, 0.717) is 23.2 Å². The summed E-state index contributed by atoms with van der Waals surface area (Å²) in [4.78, 5) is 42.1. The quantitative estimate of drug-likeness (QED) is 0.212. The maximum absolute atomic E-state index is 14.0. The van der Waals surface area contributed by atoms with E-state index in [-0.39, 0.29) is 12.3 Å². The Morgan fingerprint density at radius 3 is 2.35 bits per heavy atom. The number of terminal acetylenes is 1. The van der Waals surface area contributed by atoms with E-state index in [1.807, 2.05) is 49.4 Å². The van der Waals surface area contributed by atoms with Gasteiger partial charge in [0.1, 0.15) is 17.7 Å². The Kier molecular flexibility index (Phi) is 10.6. The van der Waals surface area contributed by atoms with E-state index < -0.39 is 35.6 Å². The number of nitrogens with zero attached hydrogens (tertiary/aromatic N) is 1. The van der Waals surface area contributed by atoms with Crippen LogP contribution in [0.2, 0.25) is 0 Å². The van der Waals surface area contributed by atoms with E-state index in [0.717, 1.165) is 17.2 Å². The number of carbonyl (C=O) groups is 3. The number of thiol groups is 1. The van der Waals surface area contributed by atoms with Crippen molar-refractivity contribution in [1.82, 2.24) is 10.2 Å². The molecule has 0 spiro atoms. The molecule has 2 atom stereocenters. The molecule has 0 saturated heterocycles. The van der Waals surface area contributed by atoms with E-state index in [1.54, 1.807) is 45.0 Å². The van der Waals surface area contributed by atoms with Crippen molar-refractivity contribution >= 4 is 47.0 Å². The Morgan fingerprint density at radius 1 is 1.02 bits per heavy atom. The number of fused-ring (bicyclic) bond motifs is 1. The van der Waals surface area contributed by atoms with Crippen LogP contribution in [-0.4, -0.2) is 46.7 Å². The zero-order valence-corrected chi connectivity index (χ0v) is 24.3. The molecular formula is C32H37N3O4S. The molecule has 0 fully saturated rings. The topological polar surface area (TPSA) is 87.7 Å². The van der Waals surface area contributed by atoms with Crippen molar-refractivity contribution in [1.29, 1.82) is 0 Å². The molecular weight excluding hydrogens is 522 g/mol. The van der Waals surface area contributed by atoms with E-state index in [9.17, 15) is 14.4 Å². The van der Waals surface area contributed by atoms with Gasteiger partial charge in [-0.2, -0.15) is 12.6 Å². The van der Waals surface area contributed by atoms with E-state index >= 15 is 0 Å². The van der Waals surface area contributed by atoms with Crippen LogP contribution in [0.1, 0.15) is 57.7 Å². The number of anilines is 1. The van der Waals surface area contributed by atoms with Crippen molar-refractivity contribution in [3.63, 3.8) is 0 Å². The van der Waals surface area contributed by atoms with Crippen LogP contribution < -0.4 is 10.6 Å². The summed E-state index contributed by atoms with van der Waals surface area (Å²) in [6.07, 6.45) is 6.50. The molecule has 0 aliphatic heterocycles. The number of nitrogens with one attached hydrogen (secondary N) is 2. The highest BCUT2D eigenvalue weighted by molar-refractivity contribution is 7.80. The van der Waals surface area contributed by atoms with Gasteiger partial charge in [0.25, 0.3) is 5.91 Å². The third-order valence-corrected chi connectivity index (χ3v) is 6.56. The van der Waals surface area contributed by atoms with Crippen LogP contribution in [-0.2, 0) is 14.3 Å². The number of benzene rings is 3. The summed E-state index contributed by atoms with van der Waals surface area (Å²) < 4.78 is 5.36. The molecule has 3 aromatic rings. The Balaban J connectivity index is 2.03. The molecule has 3 amide bonds. The molecule has 210 valence electrons. The predicted octanol–water partition coefficient (Wildman–Crippen LogP) is 5.95. The minimum absolute atomic E-state index is 0.0104. The SMILES string of the molecule is C#Cc1ccccc1C(C(=O)Nc1ccc2ccccc2c1)N(CCCC)C(=O)C(CS)NC(=O)OC(C)(C)C. The van der Waals surface area contributed by atoms with Crippen molar-refractivity contribution in [3.05, 3.63) is 77.9 Å². The summed E-state index contributed by atoms with van der Waals surface area (Å²) in [7, 11) is 0. The van der Waals surface area contributed by atoms with E-state index in [1.165, 1.54) is 4.90 Å². The van der Waals surface area contributed by atoms with Gasteiger partial charge < -0.3 is 20.3 Å². The predicted molar refractivity (Wildman–Crippen MR) is 163 cm³/mol. The number of hydrogen-bond donors (Lipinski definition) is 3. The largest absolute Gasteiger partial charge is 0.444 e. The second kappa shape index (κ2) is 13.9. The highest BCUT2D eigenvalue weighted by Gasteiger charge is 2.36. The van der Waals surface area contributed by atoms with Crippen LogP contribution in [0.5, 0.6) is 0 Å². The molecule has 0 aliphatic rings. The number of rotatable bonds is 10. The third-order valence-electron chi connectivity index (χ3n) is 6.20. The van der Waals surface area contributed by atoms with Crippen molar-refractivity contribution in [2.45, 2.75) is 58.2 Å². The fraction of sp³-hybridized carbons (Fsp3) is 0.344. The maximum Gasteiger partial charge on any atom is 0.408 e. The Labute approximate surface area is 242 Å². The standard InChI is InChI=1S/C32H37N3O4S/c1-6-8-19-35(30(37)27(21-40)34-31(38)39-32(3,4)5)28(26-16-12-11-13-22(26)7-2)29(36)33-25-18-17-23-14-9-10-15-24(23)20-25/h2,9-18,20,27-28,40H,6,8,19,21H2,1,3-5H3,(H,33,36)(H,34,38). The average Bonchev–Trinajstić information content (AvgIpc) is 2.92. The number of ether oxygens (including phenoxy) is 1. The van der Waals surface area contributed by atoms with Crippen LogP contribution in [0.3, 0.4) is 0 Å². The lowest BCUT2D eigenvalue weighted by molar-refractivity contribution is -0.140. The van der Waals surface area contributed by atoms with Crippen molar-refractivity contribution < 1.29 is 19.1 Å². The van der Waals surface area contributed by atoms with E-state index in [4.69, 9.17) is 11.2 Å². The third kappa shape index (κ3) is 8.03. The minimum Gasteiger partial charge on any atom is -0.444 e. The lowest BCUT2D eigenvalue weighted by atomic mass is 9.97. The van der Waals surface area contributed by atoms with Crippen LogP contribution in [0.25, 0.3) is 10.8 Å². The fourth-order valence-corrected chi connectivity index (χ4v) is 4.57. The minimum atomic E-state index is -1.06. The van der Waals surface area contributed by atoms with Gasteiger partial charge in [-0.25, -0.2) is 4.79 Å². The normalized spacial score (nSPS) is 12.6. The maximum atomic E-state index is 14.0. The number of hydrogen-bond acceptors (Lipinski definition) is 5. The summed E-state index contributed by atoms with van der Waals surface area (Å²) in [6, 6.07) is 18.5. The van der Waals surface area contributed by atoms with Crippen LogP contribution >= 0.6 is 12.6 Å². The zero-order chi connectivity index (χ0) is 29.3. The number of alkyl carbamates (subject to hydrolysis) is 1. The van der Waals surface area contributed by atoms with Gasteiger partial charge in [-0.1, -0.05) is 67.8 Å². The molecule has 0 heterocycles. The van der Waals surface area contributed by atoms with Gasteiger partial charge in [-0.3, -0.25) is 9.59 Å². The van der Waals surface area contributed by atoms with Crippen molar-refractivity contribution in [2.75, 3.05) is 17.6 Å². The Hall–Kier alpha value is -3.96. The van der Waals surface area contributed by atoms with Gasteiger partial charge in [0.05, 0.1) is 0 Å². The Morgan fingerprint density at radius 2 is 1.70 bits per heavy atom. The smallest absolute Gasteiger partial charge is 0.408 e. The fourth-order valence-electron chi connectivity index (χ4n) is 4.33. The summed E-state index contributed by atoms with van der Waals surface area (Å²) in [5.74, 6) is 1.78. The molecule has 0 aromatic heterocycles. The highest BCUT2D eigenvalue weighted by atomic mass is 32.1. The first-order valence-corrected chi connectivity index (χ1v) is 14.0. The van der Waals surface area contributed by atoms with Crippen LogP contribution in [0, 0.1) is 12.3 Å². The van der Waals surface area contributed by atoms with Crippen molar-refractivity contribution in [3.8, 4) is 12.3 Å². The summed E-state index contributed by atoms with van der Waals surface area (Å²) >= 11 is 4.34. The second-order valence-electron chi connectivity index (χ2n) is 10.5. The first kappa shape index (κ1) is 30.6. The molecule has 2 unspecified atom stereocenters. The number of carbonyl (C=O) groups excluding carboxylic acids is 3. The first-order chi connectivity index (χ1) is 19.1. The molecule has 0 bridgehead atoms. The molecule has 0 radical (unpaired) electrons. The Bertz CT molecular complexity index is 1390. The molecule has 0 saturated carbocycles. The van der Waals surface area contributed by atoms with Crippen LogP contribution in [0.4, 0.5) is 10.5 Å². The molecule has 3 rings (SSSR count). The number of amides is 3.